The highest BCUT2D eigenvalue weighted by Crippen LogP contribution is 1.96. The Morgan fingerprint density at radius 3 is 2.40 bits per heavy atom. The second-order valence-electron chi connectivity index (χ2n) is 2.96. The summed E-state index contributed by atoms with van der Waals surface area (Å²) in [4.78, 5) is 32.0. The van der Waals surface area contributed by atoms with Crippen molar-refractivity contribution < 1.29 is 19.5 Å². The molecule has 0 aromatic carbocycles. The predicted molar refractivity (Wildman–Crippen MR) is 52.1 cm³/mol. The molecule has 0 aliphatic heterocycles. The summed E-state index contributed by atoms with van der Waals surface area (Å²) in [5.41, 5.74) is 4.87. The SMILES string of the molecule is CCC[C@@H](NC(N)=O)C(=O)NCC(=O)O. The molecular weight excluding hydrogens is 202 g/mol. The standard InChI is InChI=1S/C8H15N3O4/c1-2-3-5(11-8(9)15)7(14)10-4-6(12)13/h5H,2-4H2,1H3,(H,10,14)(H,12,13)(H3,9,11,15)/t5-/m1/s1. The molecule has 86 valence electrons. The number of nitrogens with one attached hydrogen (secondary N) is 2. The quantitative estimate of drug-likeness (QED) is 0.457. The zero-order chi connectivity index (χ0) is 11.8. The van der Waals surface area contributed by atoms with E-state index in [1.165, 1.54) is 0 Å². The molecule has 0 heterocycles. The Balaban J connectivity index is 4.15. The van der Waals surface area contributed by atoms with Crippen LogP contribution in [0.4, 0.5) is 4.79 Å². The van der Waals surface area contributed by atoms with Gasteiger partial charge < -0.3 is 21.5 Å². The minimum Gasteiger partial charge on any atom is -0.480 e. The molecule has 15 heavy (non-hydrogen) atoms. The van der Waals surface area contributed by atoms with E-state index >= 15 is 0 Å². The third-order valence-electron chi connectivity index (χ3n) is 1.62. The van der Waals surface area contributed by atoms with Crippen LogP contribution in [0, 0.1) is 0 Å². The summed E-state index contributed by atoms with van der Waals surface area (Å²) >= 11 is 0. The van der Waals surface area contributed by atoms with Gasteiger partial charge in [-0.15, -0.1) is 0 Å². The topological polar surface area (TPSA) is 122 Å². The van der Waals surface area contributed by atoms with Crippen LogP contribution >= 0.6 is 0 Å². The van der Waals surface area contributed by atoms with Gasteiger partial charge in [0.05, 0.1) is 0 Å². The Kier molecular flexibility index (Phi) is 5.84. The van der Waals surface area contributed by atoms with Crippen LogP contribution < -0.4 is 16.4 Å². The summed E-state index contributed by atoms with van der Waals surface area (Å²) < 4.78 is 0. The van der Waals surface area contributed by atoms with E-state index in [1.54, 1.807) is 0 Å². The maximum absolute atomic E-state index is 11.3. The van der Waals surface area contributed by atoms with Crippen LogP contribution in [-0.2, 0) is 9.59 Å². The average molecular weight is 217 g/mol. The monoisotopic (exact) mass is 217 g/mol. The Hall–Kier alpha value is -1.79. The van der Waals surface area contributed by atoms with E-state index in [0.29, 0.717) is 12.8 Å². The molecule has 3 amide bonds. The molecule has 0 fully saturated rings. The van der Waals surface area contributed by atoms with Crippen molar-refractivity contribution in [2.45, 2.75) is 25.8 Å². The smallest absolute Gasteiger partial charge is 0.322 e. The molecule has 0 aliphatic carbocycles. The molecular formula is C8H15N3O4. The first kappa shape index (κ1) is 13.2. The number of carbonyl (C=O) groups excluding carboxylic acids is 2. The molecule has 0 aromatic rings. The molecule has 7 heteroatoms. The van der Waals surface area contributed by atoms with E-state index in [9.17, 15) is 14.4 Å². The van der Waals surface area contributed by atoms with Gasteiger partial charge in [0, 0.05) is 0 Å². The zero-order valence-corrected chi connectivity index (χ0v) is 8.45. The molecule has 1 atom stereocenters. The number of hydrogen-bond acceptors (Lipinski definition) is 3. The van der Waals surface area contributed by atoms with Crippen LogP contribution in [0.3, 0.4) is 0 Å². The number of primary amides is 1. The summed E-state index contributed by atoms with van der Waals surface area (Å²) in [6.45, 7) is 1.36. The fourth-order valence-corrected chi connectivity index (χ4v) is 1.02. The summed E-state index contributed by atoms with van der Waals surface area (Å²) in [7, 11) is 0. The third-order valence-corrected chi connectivity index (χ3v) is 1.62. The Morgan fingerprint density at radius 2 is 2.00 bits per heavy atom. The van der Waals surface area contributed by atoms with Gasteiger partial charge in [0.15, 0.2) is 0 Å². The molecule has 0 aromatic heterocycles. The normalized spacial score (nSPS) is 11.5. The van der Waals surface area contributed by atoms with Gasteiger partial charge in [-0.2, -0.15) is 0 Å². The number of carboxylic acids is 1. The molecule has 0 saturated heterocycles. The van der Waals surface area contributed by atoms with Crippen LogP contribution in [0.15, 0.2) is 0 Å². The third kappa shape index (κ3) is 6.30. The number of rotatable bonds is 6. The van der Waals surface area contributed by atoms with E-state index in [1.807, 2.05) is 6.92 Å². The zero-order valence-electron chi connectivity index (χ0n) is 8.45. The van der Waals surface area contributed by atoms with Gasteiger partial charge >= 0.3 is 12.0 Å². The molecule has 0 radical (unpaired) electrons. The van der Waals surface area contributed by atoms with Crippen molar-refractivity contribution in [2.75, 3.05) is 6.54 Å². The molecule has 0 unspecified atom stereocenters. The fraction of sp³-hybridized carbons (Fsp3) is 0.625. The van der Waals surface area contributed by atoms with Crippen molar-refractivity contribution in [1.82, 2.24) is 10.6 Å². The number of carbonyl (C=O) groups is 3. The van der Waals surface area contributed by atoms with Crippen LogP contribution in [-0.4, -0.2) is 35.6 Å². The maximum Gasteiger partial charge on any atom is 0.322 e. The van der Waals surface area contributed by atoms with E-state index in [4.69, 9.17) is 10.8 Å². The molecule has 0 spiro atoms. The molecule has 5 N–H and O–H groups in total. The summed E-state index contributed by atoms with van der Waals surface area (Å²) in [5.74, 6) is -1.68. The predicted octanol–water partition coefficient (Wildman–Crippen LogP) is -0.976. The van der Waals surface area contributed by atoms with E-state index < -0.39 is 30.5 Å². The van der Waals surface area contributed by atoms with Crippen LogP contribution in [0.5, 0.6) is 0 Å². The summed E-state index contributed by atoms with van der Waals surface area (Å²) in [6, 6.07) is -1.58. The van der Waals surface area contributed by atoms with Crippen molar-refractivity contribution in [1.29, 1.82) is 0 Å². The minimum atomic E-state index is -1.14. The van der Waals surface area contributed by atoms with Crippen molar-refractivity contribution in [3.05, 3.63) is 0 Å². The first-order valence-corrected chi connectivity index (χ1v) is 4.52. The van der Waals surface area contributed by atoms with Gasteiger partial charge in [0.25, 0.3) is 0 Å². The van der Waals surface area contributed by atoms with E-state index in [2.05, 4.69) is 10.6 Å². The molecule has 0 aliphatic rings. The van der Waals surface area contributed by atoms with Crippen molar-refractivity contribution in [3.8, 4) is 0 Å². The lowest BCUT2D eigenvalue weighted by atomic mass is 10.1. The molecule has 7 nitrogen and oxygen atoms in total. The number of hydrogen-bond donors (Lipinski definition) is 4. The van der Waals surface area contributed by atoms with Crippen LogP contribution in [0.25, 0.3) is 0 Å². The first-order chi connectivity index (χ1) is 6.97. The maximum atomic E-state index is 11.3. The average Bonchev–Trinajstić information content (AvgIpc) is 2.12. The molecule has 0 rings (SSSR count). The van der Waals surface area contributed by atoms with Gasteiger partial charge in [-0.1, -0.05) is 13.3 Å². The first-order valence-electron chi connectivity index (χ1n) is 4.52. The largest absolute Gasteiger partial charge is 0.480 e. The number of aliphatic carboxylic acids is 1. The number of nitrogens with two attached hydrogens (primary N) is 1. The highest BCUT2D eigenvalue weighted by atomic mass is 16.4. The molecule has 0 saturated carbocycles. The van der Waals surface area contributed by atoms with E-state index in [0.717, 1.165) is 0 Å². The lowest BCUT2D eigenvalue weighted by Gasteiger charge is -2.15. The summed E-state index contributed by atoms with van der Waals surface area (Å²) in [6.07, 6.45) is 1.08. The van der Waals surface area contributed by atoms with Crippen molar-refractivity contribution >= 4 is 17.9 Å². The Bertz CT molecular complexity index is 254. The Morgan fingerprint density at radius 1 is 1.40 bits per heavy atom. The highest BCUT2D eigenvalue weighted by Gasteiger charge is 2.18. The number of carboxylic acid groups (broad SMARTS) is 1. The van der Waals surface area contributed by atoms with Gasteiger partial charge in [-0.25, -0.2) is 4.79 Å². The van der Waals surface area contributed by atoms with Gasteiger partial charge in [-0.3, -0.25) is 9.59 Å². The second kappa shape index (κ2) is 6.63. The van der Waals surface area contributed by atoms with E-state index in [-0.39, 0.29) is 0 Å². The van der Waals surface area contributed by atoms with Crippen molar-refractivity contribution in [3.63, 3.8) is 0 Å². The second-order valence-corrected chi connectivity index (χ2v) is 2.96. The lowest BCUT2D eigenvalue weighted by Crippen LogP contribution is -2.49. The van der Waals surface area contributed by atoms with Gasteiger partial charge in [0.2, 0.25) is 5.91 Å². The molecule has 0 bridgehead atoms. The van der Waals surface area contributed by atoms with Crippen LogP contribution in [0.1, 0.15) is 19.8 Å². The Labute approximate surface area is 87.0 Å². The highest BCUT2D eigenvalue weighted by molar-refractivity contribution is 5.88. The van der Waals surface area contributed by atoms with Gasteiger partial charge in [0.1, 0.15) is 12.6 Å². The van der Waals surface area contributed by atoms with Crippen molar-refractivity contribution in [2.24, 2.45) is 5.73 Å². The van der Waals surface area contributed by atoms with Crippen LogP contribution in [0.2, 0.25) is 0 Å². The fourth-order valence-electron chi connectivity index (χ4n) is 1.02. The lowest BCUT2D eigenvalue weighted by molar-refractivity contribution is -0.138. The number of urea groups is 1. The minimum absolute atomic E-state index is 0.411. The summed E-state index contributed by atoms with van der Waals surface area (Å²) in [5, 5.41) is 12.7. The number of amides is 3. The van der Waals surface area contributed by atoms with Gasteiger partial charge in [-0.05, 0) is 6.42 Å².